The third-order valence-corrected chi connectivity index (χ3v) is 11.1. The first kappa shape index (κ1) is 27.7. The smallest absolute Gasteiger partial charge is 0.0641 e. The lowest BCUT2D eigenvalue weighted by Gasteiger charge is -2.12. The molecular weight excluding hydrogens is 633 g/mol. The van der Waals surface area contributed by atoms with Gasteiger partial charge in [-0.3, -0.25) is 0 Å². The van der Waals surface area contributed by atoms with Gasteiger partial charge in [0.2, 0.25) is 0 Å². The fraction of sp³-hybridized carbons (Fsp3) is 0. The van der Waals surface area contributed by atoms with Crippen molar-refractivity contribution in [3.05, 3.63) is 176 Å². The van der Waals surface area contributed by atoms with Crippen LogP contribution < -0.4 is 0 Å². The van der Waals surface area contributed by atoms with Gasteiger partial charge < -0.3 is 18.7 Å². The monoisotopic (exact) mass is 662 g/mol. The lowest BCUT2D eigenvalue weighted by molar-refractivity contribution is 1.16. The number of hydrogen-bond acceptors (Lipinski definition) is 0. The summed E-state index contributed by atoms with van der Waals surface area (Å²) in [7, 11) is 0. The maximum atomic E-state index is 3.68. The minimum atomic E-state index is 1.14. The Morgan fingerprint density at radius 2 is 0.808 bits per heavy atom. The third-order valence-electron chi connectivity index (χ3n) is 11.1. The molecule has 12 rings (SSSR count). The molecule has 0 unspecified atom stereocenters. The summed E-state index contributed by atoms with van der Waals surface area (Å²) in [6.45, 7) is 0. The molecule has 52 heavy (non-hydrogen) atoms. The molecule has 4 heterocycles. The van der Waals surface area contributed by atoms with E-state index >= 15 is 0 Å². The van der Waals surface area contributed by atoms with Crippen LogP contribution in [0.3, 0.4) is 0 Å². The zero-order valence-electron chi connectivity index (χ0n) is 28.1. The van der Waals surface area contributed by atoms with Gasteiger partial charge in [-0.1, -0.05) is 109 Å². The second kappa shape index (κ2) is 10.3. The van der Waals surface area contributed by atoms with Gasteiger partial charge in [-0.2, -0.15) is 0 Å². The summed E-state index contributed by atoms with van der Waals surface area (Å²) in [6.07, 6.45) is 0. The highest BCUT2D eigenvalue weighted by Gasteiger charge is 2.22. The molecule has 0 aliphatic heterocycles. The van der Waals surface area contributed by atoms with E-state index in [0.29, 0.717) is 0 Å². The summed E-state index contributed by atoms with van der Waals surface area (Å²) in [5, 5.41) is 9.99. The van der Waals surface area contributed by atoms with Crippen molar-refractivity contribution in [2.24, 2.45) is 0 Å². The van der Waals surface area contributed by atoms with Gasteiger partial charge in [-0.05, 0) is 66.7 Å². The van der Waals surface area contributed by atoms with Crippen LogP contribution in [0.15, 0.2) is 176 Å². The molecule has 0 fully saturated rings. The van der Waals surface area contributed by atoms with E-state index in [1.165, 1.54) is 76.2 Å². The first-order valence-corrected chi connectivity index (χ1v) is 17.9. The standard InChI is InChI=1S/C48H30N4/c1-2-12-30(13-3-1)50-42-19-9-5-15-35(42)37-25-23-32(29-46(37)50)52-43-20-10-6-16-36(43)38-26-27-45-47(48(38)52)39-17-7-11-21-44(39)51(45)31-22-24-34-33-14-4-8-18-40(33)49-41(34)28-31/h1-29,49H. The normalized spacial score (nSPS) is 12.2. The Balaban J connectivity index is 1.20. The summed E-state index contributed by atoms with van der Waals surface area (Å²) in [6, 6.07) is 64.2. The number of nitrogens with zero attached hydrogens (tertiary/aromatic N) is 3. The fourth-order valence-corrected chi connectivity index (χ4v) is 8.99. The predicted octanol–water partition coefficient (Wildman–Crippen LogP) is 12.6. The van der Waals surface area contributed by atoms with Crippen molar-refractivity contribution in [2.45, 2.75) is 0 Å². The molecule has 4 heteroatoms. The quantitative estimate of drug-likeness (QED) is 0.195. The zero-order valence-corrected chi connectivity index (χ0v) is 28.1. The number of hydrogen-bond donors (Lipinski definition) is 1. The van der Waals surface area contributed by atoms with Gasteiger partial charge >= 0.3 is 0 Å². The number of fused-ring (bicyclic) bond motifs is 13. The van der Waals surface area contributed by atoms with Gasteiger partial charge in [-0.25, -0.2) is 0 Å². The van der Waals surface area contributed by atoms with Crippen LogP contribution in [-0.2, 0) is 0 Å². The average Bonchev–Trinajstić information content (AvgIpc) is 3.94. The van der Waals surface area contributed by atoms with E-state index in [1.807, 2.05) is 0 Å². The second-order valence-corrected chi connectivity index (χ2v) is 13.9. The van der Waals surface area contributed by atoms with E-state index in [0.717, 1.165) is 28.1 Å². The van der Waals surface area contributed by atoms with E-state index in [4.69, 9.17) is 0 Å². The maximum absolute atomic E-state index is 3.68. The van der Waals surface area contributed by atoms with E-state index in [9.17, 15) is 0 Å². The first-order valence-electron chi connectivity index (χ1n) is 17.9. The van der Waals surface area contributed by atoms with Crippen molar-refractivity contribution >= 4 is 87.2 Å². The van der Waals surface area contributed by atoms with Gasteiger partial charge in [0, 0.05) is 71.2 Å². The van der Waals surface area contributed by atoms with Gasteiger partial charge in [0.1, 0.15) is 0 Å². The van der Waals surface area contributed by atoms with Crippen molar-refractivity contribution in [1.29, 1.82) is 0 Å². The van der Waals surface area contributed by atoms with Crippen LogP contribution in [0.2, 0.25) is 0 Å². The van der Waals surface area contributed by atoms with Crippen molar-refractivity contribution in [3.63, 3.8) is 0 Å². The van der Waals surface area contributed by atoms with Crippen molar-refractivity contribution in [3.8, 4) is 17.1 Å². The van der Waals surface area contributed by atoms with Crippen LogP contribution in [0.1, 0.15) is 0 Å². The molecule has 8 aromatic carbocycles. The minimum Gasteiger partial charge on any atom is -0.354 e. The lowest BCUT2D eigenvalue weighted by Crippen LogP contribution is -1.97. The Kier molecular flexibility index (Phi) is 5.47. The van der Waals surface area contributed by atoms with Gasteiger partial charge in [0.15, 0.2) is 0 Å². The highest BCUT2D eigenvalue weighted by Crippen LogP contribution is 2.43. The van der Waals surface area contributed by atoms with Crippen molar-refractivity contribution in [1.82, 2.24) is 18.7 Å². The Bertz CT molecular complexity index is 3410. The van der Waals surface area contributed by atoms with Gasteiger partial charge in [0.25, 0.3) is 0 Å². The largest absolute Gasteiger partial charge is 0.354 e. The molecule has 4 aromatic heterocycles. The Labute approximate surface area is 298 Å². The van der Waals surface area contributed by atoms with Crippen molar-refractivity contribution < 1.29 is 0 Å². The summed E-state index contributed by atoms with van der Waals surface area (Å²) in [5.41, 5.74) is 12.9. The topological polar surface area (TPSA) is 30.6 Å². The lowest BCUT2D eigenvalue weighted by atomic mass is 10.1. The number of aromatic nitrogens is 4. The summed E-state index contributed by atoms with van der Waals surface area (Å²) < 4.78 is 7.34. The number of aromatic amines is 1. The van der Waals surface area contributed by atoms with E-state index < -0.39 is 0 Å². The predicted molar refractivity (Wildman–Crippen MR) is 219 cm³/mol. The molecule has 4 nitrogen and oxygen atoms in total. The minimum absolute atomic E-state index is 1.14. The molecule has 12 aromatic rings. The van der Waals surface area contributed by atoms with E-state index in [2.05, 4.69) is 195 Å². The fourth-order valence-electron chi connectivity index (χ4n) is 8.99. The third kappa shape index (κ3) is 3.65. The van der Waals surface area contributed by atoms with Crippen LogP contribution in [0.4, 0.5) is 0 Å². The average molecular weight is 663 g/mol. The molecule has 0 spiro atoms. The molecule has 0 bridgehead atoms. The first-order chi connectivity index (χ1) is 25.8. The van der Waals surface area contributed by atoms with Gasteiger partial charge in [0.05, 0.1) is 33.1 Å². The van der Waals surface area contributed by atoms with Gasteiger partial charge in [-0.15, -0.1) is 0 Å². The number of H-pyrrole nitrogens is 1. The SMILES string of the molecule is c1ccc(-n2c3ccccc3c3ccc(-n4c5ccccc5c5ccc6c(c7ccccc7n6-c6ccc7c(c6)[nH]c6ccccc67)c54)cc32)cc1. The van der Waals surface area contributed by atoms with Crippen molar-refractivity contribution in [2.75, 3.05) is 0 Å². The Morgan fingerprint density at radius 1 is 0.288 bits per heavy atom. The molecule has 0 radical (unpaired) electrons. The zero-order chi connectivity index (χ0) is 33.9. The molecule has 0 aliphatic carbocycles. The molecule has 0 amide bonds. The molecule has 0 atom stereocenters. The molecule has 0 aliphatic rings. The number of para-hydroxylation sites is 5. The van der Waals surface area contributed by atoms with E-state index in [-0.39, 0.29) is 0 Å². The number of rotatable bonds is 3. The summed E-state index contributed by atoms with van der Waals surface area (Å²) in [5.74, 6) is 0. The van der Waals surface area contributed by atoms with Crippen LogP contribution in [0.25, 0.3) is 104 Å². The molecular formula is C48H30N4. The number of benzene rings is 8. The van der Waals surface area contributed by atoms with Crippen LogP contribution in [0, 0.1) is 0 Å². The maximum Gasteiger partial charge on any atom is 0.0641 e. The number of nitrogens with one attached hydrogen (secondary N) is 1. The molecule has 0 saturated carbocycles. The summed E-state index contributed by atoms with van der Waals surface area (Å²) in [4.78, 5) is 3.68. The molecule has 0 saturated heterocycles. The van der Waals surface area contributed by atoms with E-state index in [1.54, 1.807) is 0 Å². The Morgan fingerprint density at radius 3 is 1.60 bits per heavy atom. The van der Waals surface area contributed by atoms with Crippen LogP contribution in [0.5, 0.6) is 0 Å². The van der Waals surface area contributed by atoms with Crippen LogP contribution >= 0.6 is 0 Å². The molecule has 242 valence electrons. The summed E-state index contributed by atoms with van der Waals surface area (Å²) >= 11 is 0. The molecule has 1 N–H and O–H groups in total. The second-order valence-electron chi connectivity index (χ2n) is 13.9. The van der Waals surface area contributed by atoms with Crippen LogP contribution in [-0.4, -0.2) is 18.7 Å². The highest BCUT2D eigenvalue weighted by atomic mass is 15.0. The Hall–Kier alpha value is -7.04. The highest BCUT2D eigenvalue weighted by molar-refractivity contribution is 6.26.